The molecular weight excluding hydrogens is 407 g/mol. The largest absolute Gasteiger partial charge is 0.348 e. The van der Waals surface area contributed by atoms with Gasteiger partial charge in [0.05, 0.1) is 0 Å². The number of nitrogens with zero attached hydrogens (tertiary/aromatic N) is 1. The van der Waals surface area contributed by atoms with Gasteiger partial charge in [-0.25, -0.2) is 4.39 Å². The number of hydrogen-bond acceptors (Lipinski definition) is 3. The Bertz CT molecular complexity index is 1100. The first kappa shape index (κ1) is 20.3. The summed E-state index contributed by atoms with van der Waals surface area (Å²) < 4.78 is 13.1. The van der Waals surface area contributed by atoms with Crippen LogP contribution in [-0.2, 0) is 12.8 Å². The Labute approximate surface area is 186 Å². The van der Waals surface area contributed by atoms with Crippen molar-refractivity contribution in [2.24, 2.45) is 0 Å². The minimum atomic E-state index is -0.197. The van der Waals surface area contributed by atoms with E-state index < -0.39 is 0 Å². The Morgan fingerprint density at radius 2 is 1.84 bits per heavy atom. The monoisotopic (exact) mass is 432 g/mol. The summed E-state index contributed by atoms with van der Waals surface area (Å²) in [5, 5.41) is 3.27. The maximum Gasteiger partial charge on any atom is 0.251 e. The topological polar surface area (TPSA) is 32.3 Å². The molecule has 1 unspecified atom stereocenters. The molecule has 0 radical (unpaired) electrons. The first-order valence-electron chi connectivity index (χ1n) is 10.8. The lowest BCUT2D eigenvalue weighted by Gasteiger charge is -2.22. The molecule has 5 heteroatoms. The number of hydrogen-bond donors (Lipinski definition) is 1. The molecule has 3 aromatic rings. The van der Waals surface area contributed by atoms with E-state index in [4.69, 9.17) is 0 Å². The van der Waals surface area contributed by atoms with Crippen molar-refractivity contribution in [3.8, 4) is 0 Å². The van der Waals surface area contributed by atoms with Crippen LogP contribution in [-0.4, -0.2) is 36.5 Å². The average molecular weight is 433 g/mol. The zero-order chi connectivity index (χ0) is 21.2. The van der Waals surface area contributed by atoms with Crippen LogP contribution in [0, 0.1) is 5.82 Å². The molecule has 0 bridgehead atoms. The van der Waals surface area contributed by atoms with Gasteiger partial charge in [0.15, 0.2) is 0 Å². The molecule has 0 spiro atoms. The van der Waals surface area contributed by atoms with Gasteiger partial charge in [-0.15, -0.1) is 0 Å². The molecule has 1 saturated heterocycles. The van der Waals surface area contributed by atoms with Crippen molar-refractivity contribution >= 4 is 17.7 Å². The van der Waals surface area contributed by atoms with Gasteiger partial charge >= 0.3 is 0 Å². The fraction of sp³-hybridized carbons (Fsp3) is 0.269. The average Bonchev–Trinajstić information content (AvgIpc) is 3.24. The quantitative estimate of drug-likeness (QED) is 0.485. The van der Waals surface area contributed by atoms with Crippen molar-refractivity contribution in [2.75, 3.05) is 19.6 Å². The molecule has 5 rings (SSSR count). The van der Waals surface area contributed by atoms with E-state index in [1.54, 1.807) is 11.8 Å². The fourth-order valence-electron chi connectivity index (χ4n) is 4.47. The van der Waals surface area contributed by atoms with Gasteiger partial charge in [-0.3, -0.25) is 4.79 Å². The van der Waals surface area contributed by atoms with E-state index in [-0.39, 0.29) is 17.8 Å². The molecule has 2 aliphatic heterocycles. The second-order valence-electron chi connectivity index (χ2n) is 8.30. The third kappa shape index (κ3) is 4.53. The molecule has 1 amide bonds. The van der Waals surface area contributed by atoms with Crippen molar-refractivity contribution in [3.63, 3.8) is 0 Å². The number of fused-ring (bicyclic) bond motifs is 2. The van der Waals surface area contributed by atoms with Crippen molar-refractivity contribution in [1.82, 2.24) is 10.2 Å². The Kier molecular flexibility index (Phi) is 5.79. The molecule has 0 aliphatic carbocycles. The third-order valence-electron chi connectivity index (χ3n) is 6.17. The van der Waals surface area contributed by atoms with Crippen molar-refractivity contribution < 1.29 is 9.18 Å². The highest BCUT2D eigenvalue weighted by molar-refractivity contribution is 7.99. The molecule has 2 heterocycles. The Balaban J connectivity index is 1.20. The number of likely N-dealkylation sites (tertiary alicyclic amines) is 1. The zero-order valence-electron chi connectivity index (χ0n) is 17.3. The molecule has 1 atom stereocenters. The van der Waals surface area contributed by atoms with Gasteiger partial charge in [0, 0.05) is 47.5 Å². The summed E-state index contributed by atoms with van der Waals surface area (Å²) in [5.41, 5.74) is 4.36. The molecule has 158 valence electrons. The molecule has 31 heavy (non-hydrogen) atoms. The van der Waals surface area contributed by atoms with Crippen molar-refractivity contribution in [1.29, 1.82) is 0 Å². The molecule has 1 fully saturated rings. The van der Waals surface area contributed by atoms with Crippen LogP contribution in [0.5, 0.6) is 0 Å². The fourth-order valence-corrected chi connectivity index (χ4v) is 5.58. The summed E-state index contributed by atoms with van der Waals surface area (Å²) in [6.07, 6.45) is 2.65. The van der Waals surface area contributed by atoms with Gasteiger partial charge in [0.1, 0.15) is 5.82 Å². The van der Waals surface area contributed by atoms with Crippen LogP contribution in [0.25, 0.3) is 0 Å². The number of nitrogens with one attached hydrogen (secondary N) is 1. The van der Waals surface area contributed by atoms with Crippen molar-refractivity contribution in [3.05, 3.63) is 94.8 Å². The lowest BCUT2D eigenvalue weighted by molar-refractivity contribution is 0.0936. The van der Waals surface area contributed by atoms with Gasteiger partial charge in [-0.2, -0.15) is 0 Å². The summed E-state index contributed by atoms with van der Waals surface area (Å²) in [6.45, 7) is 2.76. The zero-order valence-corrected chi connectivity index (χ0v) is 18.1. The van der Waals surface area contributed by atoms with Crippen LogP contribution in [0.15, 0.2) is 76.5 Å². The van der Waals surface area contributed by atoms with Gasteiger partial charge in [-0.05, 0) is 59.9 Å². The minimum absolute atomic E-state index is 0.0298. The van der Waals surface area contributed by atoms with Crippen LogP contribution in [0.3, 0.4) is 0 Å². The molecular formula is C26H25FN2OS. The van der Waals surface area contributed by atoms with Crippen LogP contribution in [0.2, 0.25) is 0 Å². The Morgan fingerprint density at radius 1 is 1.03 bits per heavy atom. The predicted molar refractivity (Wildman–Crippen MR) is 122 cm³/mol. The predicted octanol–water partition coefficient (Wildman–Crippen LogP) is 4.93. The summed E-state index contributed by atoms with van der Waals surface area (Å²) in [7, 11) is 0. The summed E-state index contributed by atoms with van der Waals surface area (Å²) in [6, 6.07) is 21.4. The lowest BCUT2D eigenvalue weighted by atomic mass is 9.98. The molecule has 3 nitrogen and oxygen atoms in total. The smallest absolute Gasteiger partial charge is 0.251 e. The van der Waals surface area contributed by atoms with Crippen LogP contribution >= 0.6 is 11.8 Å². The van der Waals surface area contributed by atoms with Crippen molar-refractivity contribution in [2.45, 2.75) is 35.1 Å². The van der Waals surface area contributed by atoms with Crippen LogP contribution in [0.1, 0.15) is 33.5 Å². The molecule has 0 aromatic heterocycles. The summed E-state index contributed by atoms with van der Waals surface area (Å²) >= 11 is 1.75. The molecule has 2 aliphatic rings. The summed E-state index contributed by atoms with van der Waals surface area (Å²) in [5.74, 6) is -0.167. The molecule has 1 N–H and O–H groups in total. The van der Waals surface area contributed by atoms with Crippen LogP contribution < -0.4 is 5.32 Å². The normalized spacial score (nSPS) is 17.8. The highest BCUT2D eigenvalue weighted by Gasteiger charge is 2.26. The first-order chi connectivity index (χ1) is 15.2. The van der Waals surface area contributed by atoms with Gasteiger partial charge in [0.25, 0.3) is 5.91 Å². The molecule has 3 aromatic carbocycles. The Morgan fingerprint density at radius 3 is 2.71 bits per heavy atom. The van der Waals surface area contributed by atoms with E-state index in [0.717, 1.165) is 55.6 Å². The number of carbonyl (C=O) groups is 1. The van der Waals surface area contributed by atoms with Crippen LogP contribution in [0.4, 0.5) is 4.39 Å². The van der Waals surface area contributed by atoms with Gasteiger partial charge in [0.2, 0.25) is 0 Å². The van der Waals surface area contributed by atoms with E-state index in [0.29, 0.717) is 0 Å². The second kappa shape index (κ2) is 8.85. The van der Waals surface area contributed by atoms with Gasteiger partial charge < -0.3 is 10.2 Å². The standard InChI is InChI=1S/C26H25FN2OS/c27-20-10-8-18(9-11-20)12-14-29-15-13-21(17-29)28-26(30)22-5-3-7-25-23(22)16-19-4-1-2-6-24(19)31-25/h1-11,21H,12-17H2,(H,28,30). The third-order valence-corrected chi connectivity index (χ3v) is 7.40. The minimum Gasteiger partial charge on any atom is -0.348 e. The van der Waals surface area contributed by atoms with E-state index >= 15 is 0 Å². The van der Waals surface area contributed by atoms with Gasteiger partial charge in [-0.1, -0.05) is 48.2 Å². The SMILES string of the molecule is O=C(NC1CCN(CCc2ccc(F)cc2)C1)c1cccc2c1Cc1ccccc1S2. The number of amides is 1. The maximum absolute atomic E-state index is 13.1. The highest BCUT2D eigenvalue weighted by Crippen LogP contribution is 2.40. The number of halogens is 1. The van der Waals surface area contributed by atoms with E-state index in [1.807, 2.05) is 24.3 Å². The molecule has 0 saturated carbocycles. The highest BCUT2D eigenvalue weighted by atomic mass is 32.2. The Hall–Kier alpha value is -2.63. The number of benzene rings is 3. The maximum atomic E-state index is 13.1. The van der Waals surface area contributed by atoms with E-state index in [1.165, 1.54) is 27.5 Å². The van der Waals surface area contributed by atoms with E-state index in [2.05, 4.69) is 40.5 Å². The number of carbonyl (C=O) groups excluding carboxylic acids is 1. The number of rotatable bonds is 5. The first-order valence-corrected chi connectivity index (χ1v) is 11.6. The van der Waals surface area contributed by atoms with E-state index in [9.17, 15) is 9.18 Å². The second-order valence-corrected chi connectivity index (χ2v) is 9.39. The lowest BCUT2D eigenvalue weighted by Crippen LogP contribution is -2.38. The summed E-state index contributed by atoms with van der Waals surface area (Å²) in [4.78, 5) is 18.0.